The number of carbonyl (C=O) groups excluding carboxylic acids is 1. The Bertz CT molecular complexity index is 1090. The number of benzene rings is 2. The van der Waals surface area contributed by atoms with Crippen LogP contribution in [0.3, 0.4) is 0 Å². The molecule has 1 saturated heterocycles. The lowest BCUT2D eigenvalue weighted by atomic mass is 10.2. The Kier molecular flexibility index (Phi) is 4.25. The number of hydrogen-bond donors (Lipinski definition) is 2. The normalized spacial score (nSPS) is 17.3. The molecule has 0 bridgehead atoms. The van der Waals surface area contributed by atoms with Crippen molar-refractivity contribution in [1.82, 2.24) is 4.98 Å². The van der Waals surface area contributed by atoms with E-state index in [0.717, 1.165) is 0 Å². The zero-order valence-electron chi connectivity index (χ0n) is 14.2. The van der Waals surface area contributed by atoms with Crippen LogP contribution in [-0.2, 0) is 4.79 Å². The van der Waals surface area contributed by atoms with E-state index in [0.29, 0.717) is 35.4 Å². The van der Waals surface area contributed by atoms with Crippen LogP contribution in [0, 0.1) is 0 Å². The minimum Gasteiger partial charge on any atom is -0.408 e. The molecule has 28 heavy (non-hydrogen) atoms. The van der Waals surface area contributed by atoms with E-state index in [1.54, 1.807) is 24.3 Å². The van der Waals surface area contributed by atoms with Crippen LogP contribution in [0.5, 0.6) is 5.75 Å². The number of rotatable bonds is 4. The maximum absolute atomic E-state index is 12.7. The van der Waals surface area contributed by atoms with Gasteiger partial charge in [0.1, 0.15) is 11.8 Å². The summed E-state index contributed by atoms with van der Waals surface area (Å²) in [6.07, 6.45) is -4.34. The van der Waals surface area contributed by atoms with Gasteiger partial charge < -0.3 is 19.4 Å². The molecule has 1 fully saturated rings. The molecule has 2 heterocycles. The number of anilines is 2. The molecule has 1 aliphatic heterocycles. The number of aromatic nitrogens is 1. The monoisotopic (exact) mass is 393 g/mol. The Morgan fingerprint density at radius 1 is 1.18 bits per heavy atom. The number of oxazole rings is 1. The number of halogens is 3. The summed E-state index contributed by atoms with van der Waals surface area (Å²) in [6, 6.07) is 9.66. The topological polar surface area (TPSA) is 87.6 Å². The van der Waals surface area contributed by atoms with Crippen molar-refractivity contribution in [2.75, 3.05) is 16.8 Å². The van der Waals surface area contributed by atoms with E-state index in [9.17, 15) is 22.8 Å². The van der Waals surface area contributed by atoms with Crippen molar-refractivity contribution in [2.24, 2.45) is 0 Å². The molecule has 146 valence electrons. The van der Waals surface area contributed by atoms with Gasteiger partial charge in [-0.05, 0) is 36.8 Å². The number of alkyl halides is 3. The van der Waals surface area contributed by atoms with Gasteiger partial charge in [-0.3, -0.25) is 9.78 Å². The third-order valence-electron chi connectivity index (χ3n) is 4.33. The molecule has 0 aliphatic carbocycles. The molecule has 1 unspecified atom stereocenters. The Hall–Kier alpha value is -3.43. The van der Waals surface area contributed by atoms with E-state index in [1.165, 1.54) is 23.1 Å². The average Bonchev–Trinajstić information content (AvgIpc) is 3.15. The zero-order chi connectivity index (χ0) is 19.9. The molecule has 10 heteroatoms. The maximum atomic E-state index is 12.7. The average molecular weight is 393 g/mol. The number of H-pyrrole nitrogens is 1. The van der Waals surface area contributed by atoms with Crippen molar-refractivity contribution in [2.45, 2.75) is 18.8 Å². The van der Waals surface area contributed by atoms with Crippen LogP contribution < -0.4 is 20.7 Å². The Morgan fingerprint density at radius 2 is 2.00 bits per heavy atom. The van der Waals surface area contributed by atoms with Crippen LogP contribution in [0.1, 0.15) is 6.42 Å². The van der Waals surface area contributed by atoms with E-state index in [2.05, 4.69) is 15.0 Å². The van der Waals surface area contributed by atoms with Crippen molar-refractivity contribution in [3.63, 3.8) is 0 Å². The van der Waals surface area contributed by atoms with E-state index in [4.69, 9.17) is 4.42 Å². The minimum atomic E-state index is -4.80. The number of hydrogen-bond acceptors (Lipinski definition) is 5. The second kappa shape index (κ2) is 6.63. The number of amides is 1. The zero-order valence-corrected chi connectivity index (χ0v) is 14.2. The molecule has 1 aromatic heterocycles. The molecule has 2 N–H and O–H groups in total. The highest BCUT2D eigenvalue weighted by Crippen LogP contribution is 2.30. The molecule has 0 radical (unpaired) electrons. The highest BCUT2D eigenvalue weighted by molar-refractivity contribution is 6.01. The summed E-state index contributed by atoms with van der Waals surface area (Å²) < 4.78 is 46.0. The molecule has 0 spiro atoms. The summed E-state index contributed by atoms with van der Waals surface area (Å²) in [4.78, 5) is 27.9. The Morgan fingerprint density at radius 3 is 2.79 bits per heavy atom. The lowest BCUT2D eigenvalue weighted by Gasteiger charge is -2.19. The van der Waals surface area contributed by atoms with E-state index in [1.807, 2.05) is 0 Å². The predicted octanol–water partition coefficient (Wildman–Crippen LogP) is 3.24. The van der Waals surface area contributed by atoms with Crippen LogP contribution >= 0.6 is 0 Å². The number of ether oxygens (including phenoxy) is 1. The lowest BCUT2D eigenvalue weighted by molar-refractivity contribution is -0.274. The summed E-state index contributed by atoms with van der Waals surface area (Å²) in [5, 5.41) is 3.08. The molecule has 7 nitrogen and oxygen atoms in total. The number of carbonyl (C=O) groups is 1. The Balaban J connectivity index is 1.50. The molecule has 4 rings (SSSR count). The molecule has 1 atom stereocenters. The molecule has 3 aromatic rings. The molecule has 1 aliphatic rings. The second-order valence-corrected chi connectivity index (χ2v) is 6.25. The van der Waals surface area contributed by atoms with Gasteiger partial charge in [0.2, 0.25) is 5.91 Å². The van der Waals surface area contributed by atoms with Gasteiger partial charge in [0.05, 0.1) is 5.52 Å². The molecular formula is C18H14F3N3O4. The van der Waals surface area contributed by atoms with E-state index >= 15 is 0 Å². The fourth-order valence-corrected chi connectivity index (χ4v) is 3.16. The SMILES string of the molecule is O=C1C(Nc2ccc3oc(=O)[nH]c3c2)CCN1c1cccc(OC(F)(F)F)c1. The smallest absolute Gasteiger partial charge is 0.408 e. The summed E-state index contributed by atoms with van der Waals surface area (Å²) >= 11 is 0. The quantitative estimate of drug-likeness (QED) is 0.711. The van der Waals surface area contributed by atoms with Gasteiger partial charge in [-0.15, -0.1) is 13.2 Å². The van der Waals surface area contributed by atoms with Crippen molar-refractivity contribution >= 4 is 28.4 Å². The number of nitrogens with zero attached hydrogens (tertiary/aromatic N) is 1. The van der Waals surface area contributed by atoms with Crippen LogP contribution in [0.2, 0.25) is 0 Å². The molecule has 0 saturated carbocycles. The minimum absolute atomic E-state index is 0.273. The van der Waals surface area contributed by atoms with Crippen molar-refractivity contribution in [3.8, 4) is 5.75 Å². The summed E-state index contributed by atoms with van der Waals surface area (Å²) in [5.74, 6) is -1.23. The first-order chi connectivity index (χ1) is 13.3. The van der Waals surface area contributed by atoms with Gasteiger partial charge in [-0.2, -0.15) is 0 Å². The van der Waals surface area contributed by atoms with Crippen molar-refractivity contribution in [3.05, 3.63) is 53.0 Å². The fourth-order valence-electron chi connectivity index (χ4n) is 3.16. The third-order valence-corrected chi connectivity index (χ3v) is 4.33. The molecule has 1 amide bonds. The van der Waals surface area contributed by atoms with E-state index < -0.39 is 18.2 Å². The number of aromatic amines is 1. The predicted molar refractivity (Wildman–Crippen MR) is 94.3 cm³/mol. The van der Waals surface area contributed by atoms with Gasteiger partial charge in [-0.1, -0.05) is 6.07 Å². The lowest BCUT2D eigenvalue weighted by Crippen LogP contribution is -2.33. The summed E-state index contributed by atoms with van der Waals surface area (Å²) in [7, 11) is 0. The Labute approximate surface area is 155 Å². The van der Waals surface area contributed by atoms with Crippen molar-refractivity contribution < 1.29 is 27.1 Å². The first-order valence-electron chi connectivity index (χ1n) is 8.35. The van der Waals surface area contributed by atoms with Crippen molar-refractivity contribution in [1.29, 1.82) is 0 Å². The second-order valence-electron chi connectivity index (χ2n) is 6.25. The van der Waals surface area contributed by atoms with Gasteiger partial charge in [0, 0.05) is 24.0 Å². The van der Waals surface area contributed by atoms with Gasteiger partial charge in [-0.25, -0.2) is 4.79 Å². The van der Waals surface area contributed by atoms with Gasteiger partial charge in [0.25, 0.3) is 0 Å². The first-order valence-corrected chi connectivity index (χ1v) is 8.35. The number of nitrogens with one attached hydrogen (secondary N) is 2. The first kappa shape index (κ1) is 18.0. The van der Waals surface area contributed by atoms with Crippen LogP contribution in [0.4, 0.5) is 24.5 Å². The van der Waals surface area contributed by atoms with E-state index in [-0.39, 0.29) is 11.7 Å². The summed E-state index contributed by atoms with van der Waals surface area (Å²) in [6.45, 7) is 0.344. The third kappa shape index (κ3) is 3.66. The van der Waals surface area contributed by atoms with Crippen LogP contribution in [-0.4, -0.2) is 29.8 Å². The number of fused-ring (bicyclic) bond motifs is 1. The summed E-state index contributed by atoms with van der Waals surface area (Å²) in [5.41, 5.74) is 1.83. The van der Waals surface area contributed by atoms with Gasteiger partial charge >= 0.3 is 12.1 Å². The maximum Gasteiger partial charge on any atom is 0.573 e. The van der Waals surface area contributed by atoms with Crippen LogP contribution in [0.25, 0.3) is 11.1 Å². The highest BCUT2D eigenvalue weighted by atomic mass is 19.4. The fraction of sp³-hybridized carbons (Fsp3) is 0.222. The highest BCUT2D eigenvalue weighted by Gasteiger charge is 2.34. The largest absolute Gasteiger partial charge is 0.573 e. The van der Waals surface area contributed by atoms with Gasteiger partial charge in [0.15, 0.2) is 5.58 Å². The molecular weight excluding hydrogens is 379 g/mol. The molecule has 2 aromatic carbocycles. The standard InChI is InChI=1S/C18H14F3N3O4/c19-18(20,21)28-12-3-1-2-11(9-12)24-7-6-13(16(24)25)22-10-4-5-15-14(8-10)23-17(26)27-15/h1-5,8-9,13,22H,6-7H2,(H,23,26). The van der Waals surface area contributed by atoms with Crippen LogP contribution in [0.15, 0.2) is 51.7 Å².